The van der Waals surface area contributed by atoms with E-state index in [1.807, 2.05) is 25.1 Å². The van der Waals surface area contributed by atoms with E-state index in [0.29, 0.717) is 42.4 Å². The minimum absolute atomic E-state index is 0.0195. The van der Waals surface area contributed by atoms with Gasteiger partial charge in [0, 0.05) is 37.6 Å². The number of anilines is 1. The first-order chi connectivity index (χ1) is 17.0. The summed E-state index contributed by atoms with van der Waals surface area (Å²) in [5.41, 5.74) is 2.54. The fourth-order valence-electron chi connectivity index (χ4n) is 3.98. The van der Waals surface area contributed by atoms with E-state index in [0.717, 1.165) is 11.1 Å². The quantitative estimate of drug-likeness (QED) is 0.503. The average Bonchev–Trinajstić information content (AvgIpc) is 3.25. The predicted molar refractivity (Wildman–Crippen MR) is 130 cm³/mol. The van der Waals surface area contributed by atoms with Gasteiger partial charge in [0.15, 0.2) is 11.5 Å². The van der Waals surface area contributed by atoms with Crippen molar-refractivity contribution in [1.29, 1.82) is 0 Å². The molecule has 2 heterocycles. The maximum atomic E-state index is 12.9. The lowest BCUT2D eigenvalue weighted by Gasteiger charge is -2.17. The number of nitrogens with one attached hydrogen (secondary N) is 1. The largest absolute Gasteiger partial charge is 0.493 e. The summed E-state index contributed by atoms with van der Waals surface area (Å²) in [7, 11) is 3.18. The zero-order valence-corrected chi connectivity index (χ0v) is 20.0. The normalized spacial score (nSPS) is 15.1. The maximum absolute atomic E-state index is 12.9. The number of hydrogen-bond donors (Lipinski definition) is 1. The van der Waals surface area contributed by atoms with Crippen LogP contribution in [0.5, 0.6) is 23.3 Å². The van der Waals surface area contributed by atoms with Gasteiger partial charge in [0.25, 0.3) is 0 Å². The fourth-order valence-corrected chi connectivity index (χ4v) is 3.98. The smallest absolute Gasteiger partial charge is 0.321 e. The fraction of sp³-hybridized carbons (Fsp3) is 0.308. The van der Waals surface area contributed by atoms with E-state index in [1.54, 1.807) is 55.8 Å². The van der Waals surface area contributed by atoms with Gasteiger partial charge in [-0.25, -0.2) is 9.97 Å². The molecule has 9 nitrogen and oxygen atoms in total. The number of likely N-dealkylation sites (tertiary alicyclic amines) is 1. The number of nitrogens with zero attached hydrogens (tertiary/aromatic N) is 3. The molecule has 3 aromatic rings. The van der Waals surface area contributed by atoms with Gasteiger partial charge >= 0.3 is 6.01 Å². The minimum Gasteiger partial charge on any atom is -0.493 e. The number of aryl methyl sites for hydroxylation is 1. The van der Waals surface area contributed by atoms with Crippen LogP contribution in [0, 0.1) is 12.8 Å². The molecular formula is C26H28N4O5. The molecule has 1 unspecified atom stereocenters. The molecule has 1 aliphatic rings. The van der Waals surface area contributed by atoms with Crippen molar-refractivity contribution in [3.63, 3.8) is 0 Å². The third-order valence-electron chi connectivity index (χ3n) is 5.91. The Labute approximate surface area is 204 Å². The Morgan fingerprint density at radius 1 is 1.09 bits per heavy atom. The standard InChI is InChI=1S/C26H28N4O5/c1-17-13-20(35-26-27-10-4-11-28-26)6-7-21(17)29-25(32)19-15-24(31)30(16-19)12-9-18-5-8-22(33-2)23(14-18)34-3/h4-8,10-11,13-14,19H,9,12,15-16H2,1-3H3,(H,29,32). The monoisotopic (exact) mass is 476 g/mol. The van der Waals surface area contributed by atoms with Crippen molar-refractivity contribution in [2.75, 3.05) is 32.6 Å². The summed E-state index contributed by atoms with van der Waals surface area (Å²) >= 11 is 0. The first kappa shape index (κ1) is 24.0. The van der Waals surface area contributed by atoms with Crippen LogP contribution in [0.25, 0.3) is 0 Å². The van der Waals surface area contributed by atoms with Gasteiger partial charge < -0.3 is 24.4 Å². The number of ether oxygens (including phenoxy) is 3. The van der Waals surface area contributed by atoms with Gasteiger partial charge in [-0.05, 0) is 60.9 Å². The van der Waals surface area contributed by atoms with Crippen molar-refractivity contribution in [3.05, 3.63) is 66.0 Å². The van der Waals surface area contributed by atoms with Crippen molar-refractivity contribution in [2.45, 2.75) is 19.8 Å². The molecule has 0 bridgehead atoms. The van der Waals surface area contributed by atoms with E-state index < -0.39 is 5.92 Å². The molecule has 0 aliphatic carbocycles. The highest BCUT2D eigenvalue weighted by Gasteiger charge is 2.34. The van der Waals surface area contributed by atoms with Crippen LogP contribution in [0.4, 0.5) is 5.69 Å². The second kappa shape index (κ2) is 10.9. The summed E-state index contributed by atoms with van der Waals surface area (Å²) < 4.78 is 16.3. The van der Waals surface area contributed by atoms with E-state index in [1.165, 1.54) is 0 Å². The molecule has 1 fully saturated rings. The van der Waals surface area contributed by atoms with E-state index in [-0.39, 0.29) is 24.2 Å². The Morgan fingerprint density at radius 2 is 1.86 bits per heavy atom. The van der Waals surface area contributed by atoms with Gasteiger partial charge in [0.2, 0.25) is 11.8 Å². The predicted octanol–water partition coefficient (Wildman–Crippen LogP) is 3.62. The van der Waals surface area contributed by atoms with Crippen LogP contribution in [0.15, 0.2) is 54.9 Å². The molecule has 1 saturated heterocycles. The van der Waals surface area contributed by atoms with Gasteiger partial charge in [-0.1, -0.05) is 6.07 Å². The van der Waals surface area contributed by atoms with Crippen LogP contribution in [0.2, 0.25) is 0 Å². The van der Waals surface area contributed by atoms with Gasteiger partial charge in [-0.3, -0.25) is 9.59 Å². The number of methoxy groups -OCH3 is 2. The number of carbonyl (C=O) groups is 2. The van der Waals surface area contributed by atoms with E-state index in [4.69, 9.17) is 14.2 Å². The lowest BCUT2D eigenvalue weighted by molar-refractivity contribution is -0.128. The Bertz CT molecular complexity index is 1200. The average molecular weight is 477 g/mol. The molecule has 2 aromatic carbocycles. The van der Waals surface area contributed by atoms with E-state index in [2.05, 4.69) is 15.3 Å². The Hall–Kier alpha value is -4.14. The van der Waals surface area contributed by atoms with Crippen LogP contribution < -0.4 is 19.5 Å². The molecule has 35 heavy (non-hydrogen) atoms. The molecule has 1 N–H and O–H groups in total. The number of carbonyl (C=O) groups excluding carboxylic acids is 2. The van der Waals surface area contributed by atoms with Crippen LogP contribution >= 0.6 is 0 Å². The molecular weight excluding hydrogens is 448 g/mol. The number of hydrogen-bond acceptors (Lipinski definition) is 7. The topological polar surface area (TPSA) is 103 Å². The second-order valence-corrected chi connectivity index (χ2v) is 8.28. The first-order valence-corrected chi connectivity index (χ1v) is 11.3. The van der Waals surface area contributed by atoms with Crippen molar-refractivity contribution >= 4 is 17.5 Å². The summed E-state index contributed by atoms with van der Waals surface area (Å²) in [6.07, 6.45) is 4.06. The molecule has 1 aromatic heterocycles. The van der Waals surface area contributed by atoms with Crippen molar-refractivity contribution in [1.82, 2.24) is 14.9 Å². The Morgan fingerprint density at radius 3 is 2.57 bits per heavy atom. The van der Waals surface area contributed by atoms with Gasteiger partial charge in [-0.15, -0.1) is 0 Å². The lowest BCUT2D eigenvalue weighted by Crippen LogP contribution is -2.30. The third-order valence-corrected chi connectivity index (χ3v) is 5.91. The number of aromatic nitrogens is 2. The lowest BCUT2D eigenvalue weighted by atomic mass is 10.1. The van der Waals surface area contributed by atoms with Gasteiger partial charge in [0.1, 0.15) is 5.75 Å². The Balaban J connectivity index is 1.32. The zero-order chi connectivity index (χ0) is 24.8. The molecule has 9 heteroatoms. The van der Waals surface area contributed by atoms with Crippen LogP contribution in [-0.2, 0) is 16.0 Å². The van der Waals surface area contributed by atoms with Crippen LogP contribution in [0.3, 0.4) is 0 Å². The molecule has 1 aliphatic heterocycles. The molecule has 1 atom stereocenters. The highest BCUT2D eigenvalue weighted by molar-refractivity contribution is 5.97. The summed E-state index contributed by atoms with van der Waals surface area (Å²) in [4.78, 5) is 35.3. The second-order valence-electron chi connectivity index (χ2n) is 8.28. The Kier molecular flexibility index (Phi) is 7.45. The van der Waals surface area contributed by atoms with Crippen molar-refractivity contribution in [3.8, 4) is 23.3 Å². The maximum Gasteiger partial charge on any atom is 0.321 e. The molecule has 0 radical (unpaired) electrons. The first-order valence-electron chi connectivity index (χ1n) is 11.3. The summed E-state index contributed by atoms with van der Waals surface area (Å²) in [5, 5.41) is 2.95. The van der Waals surface area contributed by atoms with Gasteiger partial charge in [0.05, 0.1) is 20.1 Å². The number of rotatable bonds is 9. The highest BCUT2D eigenvalue weighted by atomic mass is 16.5. The summed E-state index contributed by atoms with van der Waals surface area (Å²) in [6.45, 7) is 2.80. The van der Waals surface area contributed by atoms with Crippen LogP contribution in [-0.4, -0.2) is 54.0 Å². The third kappa shape index (κ3) is 5.87. The van der Waals surface area contributed by atoms with Crippen molar-refractivity contribution < 1.29 is 23.8 Å². The molecule has 2 amide bonds. The SMILES string of the molecule is COc1ccc(CCN2CC(C(=O)Nc3ccc(Oc4ncccn4)cc3C)CC2=O)cc1OC. The van der Waals surface area contributed by atoms with E-state index >= 15 is 0 Å². The zero-order valence-electron chi connectivity index (χ0n) is 20.0. The highest BCUT2D eigenvalue weighted by Crippen LogP contribution is 2.29. The molecule has 4 rings (SSSR count). The number of amides is 2. The van der Waals surface area contributed by atoms with Crippen LogP contribution in [0.1, 0.15) is 17.5 Å². The number of benzene rings is 2. The minimum atomic E-state index is -0.402. The summed E-state index contributed by atoms with van der Waals surface area (Å²) in [5.74, 6) is 1.29. The summed E-state index contributed by atoms with van der Waals surface area (Å²) in [6, 6.07) is 13.0. The molecule has 0 saturated carbocycles. The van der Waals surface area contributed by atoms with E-state index in [9.17, 15) is 9.59 Å². The van der Waals surface area contributed by atoms with Gasteiger partial charge in [-0.2, -0.15) is 0 Å². The molecule has 182 valence electrons. The van der Waals surface area contributed by atoms with Crippen molar-refractivity contribution in [2.24, 2.45) is 5.92 Å². The molecule has 0 spiro atoms.